The van der Waals surface area contributed by atoms with Crippen LogP contribution in [-0.2, 0) is 28.7 Å². The lowest BCUT2D eigenvalue weighted by Gasteiger charge is -2.22. The molecule has 9 nitrogen and oxygen atoms in total. The van der Waals surface area contributed by atoms with Crippen LogP contribution >= 0.6 is 0 Å². The second-order valence-corrected chi connectivity index (χ2v) is 5.84. The van der Waals surface area contributed by atoms with Gasteiger partial charge in [0, 0.05) is 12.8 Å². The number of hydrogen-bond acceptors (Lipinski definition) is 7. The third-order valence-corrected chi connectivity index (χ3v) is 2.50. The number of esters is 1. The highest BCUT2D eigenvalue weighted by molar-refractivity contribution is 5.83. The van der Waals surface area contributed by atoms with Gasteiger partial charge in [-0.2, -0.15) is 5.48 Å². The van der Waals surface area contributed by atoms with Gasteiger partial charge in [0.25, 0.3) is 5.91 Å². The molecule has 0 saturated heterocycles. The molecule has 0 rings (SSSR count). The van der Waals surface area contributed by atoms with Crippen molar-refractivity contribution >= 4 is 23.9 Å². The lowest BCUT2D eigenvalue weighted by atomic mass is 10.1. The van der Waals surface area contributed by atoms with Crippen LogP contribution in [0, 0.1) is 0 Å². The summed E-state index contributed by atoms with van der Waals surface area (Å²) in [6.07, 6.45) is -0.875. The number of amides is 2. The molecule has 0 aromatic carbocycles. The molecular weight excluding hydrogens is 320 g/mol. The Kier molecular flexibility index (Phi) is 9.44. The zero-order valence-electron chi connectivity index (χ0n) is 14.8. The molecule has 0 aliphatic heterocycles. The van der Waals surface area contributed by atoms with E-state index in [0.717, 1.165) is 0 Å². The van der Waals surface area contributed by atoms with Gasteiger partial charge in [-0.3, -0.25) is 9.59 Å². The first kappa shape index (κ1) is 21.7. The van der Waals surface area contributed by atoms with Crippen molar-refractivity contribution in [2.24, 2.45) is 0 Å². The van der Waals surface area contributed by atoms with E-state index < -0.39 is 35.6 Å². The molecule has 24 heavy (non-hydrogen) atoms. The highest BCUT2D eigenvalue weighted by atomic mass is 16.7. The summed E-state index contributed by atoms with van der Waals surface area (Å²) in [5.74, 6) is -1.92. The summed E-state index contributed by atoms with van der Waals surface area (Å²) in [6.45, 7) is 8.45. The Morgan fingerprint density at radius 2 is 1.71 bits per heavy atom. The zero-order valence-corrected chi connectivity index (χ0v) is 14.8. The molecular formula is C15H26N2O7. The van der Waals surface area contributed by atoms with Crippen LogP contribution < -0.4 is 10.8 Å². The topological polar surface area (TPSA) is 120 Å². The van der Waals surface area contributed by atoms with Gasteiger partial charge in [0.15, 0.2) is 0 Å². The summed E-state index contributed by atoms with van der Waals surface area (Å²) in [7, 11) is 0. The molecule has 2 N–H and O–H groups in total. The fraction of sp³-hybridized carbons (Fsp3) is 0.733. The van der Waals surface area contributed by atoms with Crippen LogP contribution in [0.15, 0.2) is 0 Å². The molecule has 0 bridgehead atoms. The summed E-state index contributed by atoms with van der Waals surface area (Å²) in [5, 5.41) is 2.32. The summed E-state index contributed by atoms with van der Waals surface area (Å²) in [5.41, 5.74) is 1.20. The number of hydroxylamine groups is 1. The highest BCUT2D eigenvalue weighted by Gasteiger charge is 2.27. The largest absolute Gasteiger partial charge is 0.466 e. The van der Waals surface area contributed by atoms with Gasteiger partial charge in [0.05, 0.1) is 6.61 Å². The minimum absolute atomic E-state index is 0.0566. The van der Waals surface area contributed by atoms with Crippen molar-refractivity contribution in [3.8, 4) is 0 Å². The average Bonchev–Trinajstić information content (AvgIpc) is 2.46. The van der Waals surface area contributed by atoms with Crippen molar-refractivity contribution in [3.05, 3.63) is 0 Å². The second kappa shape index (κ2) is 10.5. The van der Waals surface area contributed by atoms with E-state index in [1.165, 1.54) is 0 Å². The summed E-state index contributed by atoms with van der Waals surface area (Å²) >= 11 is 0. The first-order valence-corrected chi connectivity index (χ1v) is 7.73. The van der Waals surface area contributed by atoms with E-state index in [-0.39, 0.29) is 25.9 Å². The summed E-state index contributed by atoms with van der Waals surface area (Å²) in [6, 6.07) is -1.17. The van der Waals surface area contributed by atoms with E-state index in [0.29, 0.717) is 0 Å². The Bertz CT molecular complexity index is 457. The van der Waals surface area contributed by atoms with E-state index in [4.69, 9.17) is 9.47 Å². The van der Waals surface area contributed by atoms with Gasteiger partial charge in [-0.15, -0.1) is 0 Å². The SMILES string of the molecule is CCOC(=O)CC[C@H](NC(=O)OC(C)(C)C)C(=O)ONC(=O)CC. The van der Waals surface area contributed by atoms with E-state index in [2.05, 4.69) is 10.2 Å². The quantitative estimate of drug-likeness (QED) is 0.404. The van der Waals surface area contributed by atoms with Crippen LogP contribution in [0.5, 0.6) is 0 Å². The molecule has 0 aliphatic rings. The van der Waals surface area contributed by atoms with Gasteiger partial charge in [-0.1, -0.05) is 6.92 Å². The standard InChI is InChI=1S/C15H26N2O7/c1-6-11(18)17-24-13(20)10(8-9-12(19)22-7-2)16-14(21)23-15(3,4)5/h10H,6-9H2,1-5H3,(H,16,21)(H,17,18)/t10-/m0/s1. The molecule has 0 radical (unpaired) electrons. The molecule has 2 amide bonds. The lowest BCUT2D eigenvalue weighted by Crippen LogP contribution is -2.46. The fourth-order valence-corrected chi connectivity index (χ4v) is 1.44. The van der Waals surface area contributed by atoms with Gasteiger partial charge in [0.2, 0.25) is 0 Å². The van der Waals surface area contributed by atoms with E-state index >= 15 is 0 Å². The van der Waals surface area contributed by atoms with E-state index in [1.807, 2.05) is 5.48 Å². The Balaban J connectivity index is 4.74. The van der Waals surface area contributed by atoms with Crippen molar-refractivity contribution < 1.29 is 33.5 Å². The van der Waals surface area contributed by atoms with Crippen molar-refractivity contribution in [1.29, 1.82) is 0 Å². The maximum atomic E-state index is 12.0. The molecule has 0 heterocycles. The van der Waals surface area contributed by atoms with Gasteiger partial charge >= 0.3 is 18.0 Å². The van der Waals surface area contributed by atoms with Crippen molar-refractivity contribution in [1.82, 2.24) is 10.8 Å². The molecule has 0 fully saturated rings. The third-order valence-electron chi connectivity index (χ3n) is 2.50. The van der Waals surface area contributed by atoms with Crippen LogP contribution in [-0.4, -0.2) is 42.2 Å². The molecule has 0 saturated carbocycles. The number of nitrogens with one attached hydrogen (secondary N) is 2. The molecule has 0 spiro atoms. The zero-order chi connectivity index (χ0) is 18.8. The predicted octanol–water partition coefficient (Wildman–Crippen LogP) is 1.21. The van der Waals surface area contributed by atoms with Crippen molar-refractivity contribution in [3.63, 3.8) is 0 Å². The smallest absolute Gasteiger partial charge is 0.408 e. The molecule has 138 valence electrons. The van der Waals surface area contributed by atoms with E-state index in [9.17, 15) is 19.2 Å². The van der Waals surface area contributed by atoms with Gasteiger partial charge < -0.3 is 19.6 Å². The summed E-state index contributed by atoms with van der Waals surface area (Å²) in [4.78, 5) is 50.9. The molecule has 0 aromatic heterocycles. The summed E-state index contributed by atoms with van der Waals surface area (Å²) < 4.78 is 9.83. The molecule has 0 aliphatic carbocycles. The monoisotopic (exact) mass is 346 g/mol. The Morgan fingerprint density at radius 1 is 1.08 bits per heavy atom. The number of hydrogen-bond donors (Lipinski definition) is 2. The van der Waals surface area contributed by atoms with Gasteiger partial charge in [-0.25, -0.2) is 9.59 Å². The van der Waals surface area contributed by atoms with Crippen LogP contribution in [0.3, 0.4) is 0 Å². The average molecular weight is 346 g/mol. The van der Waals surface area contributed by atoms with Crippen LogP contribution in [0.2, 0.25) is 0 Å². The lowest BCUT2D eigenvalue weighted by molar-refractivity contribution is -0.160. The Morgan fingerprint density at radius 3 is 2.21 bits per heavy atom. The number of carbonyl (C=O) groups excluding carboxylic acids is 4. The van der Waals surface area contributed by atoms with Gasteiger partial charge in [-0.05, 0) is 34.1 Å². The Hall–Kier alpha value is -2.32. The predicted molar refractivity (Wildman–Crippen MR) is 83.6 cm³/mol. The highest BCUT2D eigenvalue weighted by Crippen LogP contribution is 2.08. The number of carbonyl (C=O) groups is 4. The first-order chi connectivity index (χ1) is 11.1. The maximum Gasteiger partial charge on any atom is 0.408 e. The van der Waals surface area contributed by atoms with Crippen LogP contribution in [0.25, 0.3) is 0 Å². The Labute approximate surface area is 141 Å². The van der Waals surface area contributed by atoms with Crippen molar-refractivity contribution in [2.45, 2.75) is 65.5 Å². The van der Waals surface area contributed by atoms with Gasteiger partial charge in [0.1, 0.15) is 11.6 Å². The molecule has 9 heteroatoms. The minimum atomic E-state index is -1.17. The number of ether oxygens (including phenoxy) is 2. The number of alkyl carbamates (subject to hydrolysis) is 1. The van der Waals surface area contributed by atoms with Crippen LogP contribution in [0.4, 0.5) is 4.79 Å². The minimum Gasteiger partial charge on any atom is -0.466 e. The maximum absolute atomic E-state index is 12.0. The molecule has 1 atom stereocenters. The third kappa shape index (κ3) is 10.4. The second-order valence-electron chi connectivity index (χ2n) is 5.84. The number of rotatable bonds is 7. The van der Waals surface area contributed by atoms with Crippen molar-refractivity contribution in [2.75, 3.05) is 6.61 Å². The molecule has 0 aromatic rings. The van der Waals surface area contributed by atoms with E-state index in [1.54, 1.807) is 34.6 Å². The van der Waals surface area contributed by atoms with Crippen LogP contribution in [0.1, 0.15) is 53.9 Å². The molecule has 0 unspecified atom stereocenters. The first-order valence-electron chi connectivity index (χ1n) is 7.73. The fourth-order valence-electron chi connectivity index (χ4n) is 1.44. The normalized spacial score (nSPS) is 11.9.